The van der Waals surface area contributed by atoms with Crippen LogP contribution in [0.25, 0.3) is 8.25 Å². The maximum atomic E-state index is 11.4. The minimum absolute atomic E-state index is 0. The van der Waals surface area contributed by atoms with Gasteiger partial charge in [-0.2, -0.15) is 26.3 Å². The van der Waals surface area contributed by atoms with Crippen LogP contribution in [0.5, 0.6) is 0 Å². The van der Waals surface area contributed by atoms with E-state index < -0.39 is 51.1 Å². The normalized spacial score (nSPS) is 11.2. The quantitative estimate of drug-likeness (QED) is 0.106. The van der Waals surface area contributed by atoms with Gasteiger partial charge in [-0.3, -0.25) is 4.48 Å². The molecule has 0 aliphatic heterocycles. The predicted molar refractivity (Wildman–Crippen MR) is 242 cm³/mol. The zero-order chi connectivity index (χ0) is 48.8. The molecule has 0 amide bonds. The Balaban J connectivity index is -0.000000167. The summed E-state index contributed by atoms with van der Waals surface area (Å²) < 4.78 is 153. The van der Waals surface area contributed by atoms with Gasteiger partial charge < -0.3 is 30.7 Å². The van der Waals surface area contributed by atoms with Gasteiger partial charge in [-0.15, -0.1) is 11.6 Å². The molecule has 0 saturated heterocycles. The first-order valence-corrected chi connectivity index (χ1v) is 24.5. The fourth-order valence-electron chi connectivity index (χ4n) is 3.81. The van der Waals surface area contributed by atoms with E-state index >= 15 is 0 Å². The zero-order valence-corrected chi connectivity index (χ0v) is 42.4. The summed E-state index contributed by atoms with van der Waals surface area (Å²) in [6, 6.07) is 39.7. The molecule has 0 aliphatic carbocycles. The van der Waals surface area contributed by atoms with Crippen molar-refractivity contribution < 1.29 is 115 Å². The maximum Gasteiger partial charge on any atom is 1.00 e. The molecule has 0 aliphatic rings. The molecule has 13 nitrogen and oxygen atoms in total. The van der Waals surface area contributed by atoms with Gasteiger partial charge in [0.15, 0.2) is 20.0 Å². The topological polar surface area (TPSA) is 188 Å². The van der Waals surface area contributed by atoms with E-state index in [1.165, 1.54) is 28.1 Å². The van der Waals surface area contributed by atoms with E-state index in [4.69, 9.17) is 16.7 Å². The van der Waals surface area contributed by atoms with Gasteiger partial charge in [0.25, 0.3) is 0 Å². The SMILES string of the molecule is C.CC(C)O.CN(C)c1ccccc1.CS(=O)(=O)[N-]S(=O)(=O)C(F)(F)F.CS(=O)(=O)[N-]S(=O)(=O)C(F)(F)F.C[N+](C)(Cc1ccccc1)c1ccccc1.Cc1ccc(CCl)cc1.[Cl-].[Li+].[Li+]. The molecule has 4 aromatic rings. The number of quaternary nitrogens is 1. The van der Waals surface area contributed by atoms with Crippen LogP contribution in [-0.4, -0.2) is 96.6 Å². The summed E-state index contributed by atoms with van der Waals surface area (Å²) in [6.07, 6.45) is 0.326. The Hall–Kier alpha value is -2.33. The van der Waals surface area contributed by atoms with Gasteiger partial charge in [0.1, 0.15) is 12.2 Å². The molecule has 66 heavy (non-hydrogen) atoms. The summed E-state index contributed by atoms with van der Waals surface area (Å²) in [5, 5.41) is 8.06. The summed E-state index contributed by atoms with van der Waals surface area (Å²) in [4.78, 5) is 2.08. The van der Waals surface area contributed by atoms with Gasteiger partial charge in [-0.05, 0) is 50.6 Å². The smallest absolute Gasteiger partial charge is 1.00 e. The predicted octanol–water partition coefficient (Wildman–Crippen LogP) is 0.314. The van der Waals surface area contributed by atoms with Crippen LogP contribution < -0.4 is 59.5 Å². The van der Waals surface area contributed by atoms with Gasteiger partial charge >= 0.3 is 48.7 Å². The molecular weight excluding hydrogens is 995 g/mol. The van der Waals surface area contributed by atoms with E-state index in [9.17, 15) is 60.0 Å². The Morgan fingerprint density at radius 2 is 0.924 bits per heavy atom. The maximum absolute atomic E-state index is 11.4. The Kier molecular flexibility index (Phi) is 38.8. The average Bonchev–Trinajstić information content (AvgIpc) is 3.11. The fourth-order valence-corrected chi connectivity index (χ4v) is 7.51. The standard InChI is InChI=1S/C15H18N.C8H9Cl.C8H11N.C3H8O.2C2H3F3NO4S2.CH4.ClH.2Li/c1-16(2,15-11-7-4-8-12-15)13-14-9-5-3-6-10-14;1-7-2-4-8(6-9)5-3-7;1-9(2)8-6-4-3-5-7-8;1-3(2)4;2*1-11(7,8)6-12(9,10)2(3,4)5;;;;/h3-12H,13H2,1-2H3;2-5H,6H2,1H3;3-7H,1-2H3;3-4H,1-2H3;2*1H3;1H4;1H;;/q+1;;;;2*-1;;;2*+1/p-1. The first-order chi connectivity index (χ1) is 28.0. The number of hydrogen-bond donors (Lipinski definition) is 1. The third-order valence-corrected chi connectivity index (χ3v) is 11.7. The number of hydrogen-bond acceptors (Lipinski definition) is 10. The van der Waals surface area contributed by atoms with Gasteiger partial charge in [0.05, 0.1) is 34.1 Å². The number of aryl methyl sites for hydroxylation is 1. The second-order valence-electron chi connectivity index (χ2n) is 13.6. The van der Waals surface area contributed by atoms with E-state index in [1.807, 2.05) is 44.4 Å². The first-order valence-electron chi connectivity index (χ1n) is 17.4. The van der Waals surface area contributed by atoms with Crippen molar-refractivity contribution in [2.45, 2.75) is 57.7 Å². The number of alkyl halides is 7. The zero-order valence-electron chi connectivity index (χ0n) is 37.6. The van der Waals surface area contributed by atoms with E-state index in [-0.39, 0.29) is 76.2 Å². The van der Waals surface area contributed by atoms with Crippen LogP contribution in [0.1, 0.15) is 38.0 Å². The van der Waals surface area contributed by atoms with Crippen molar-refractivity contribution in [1.82, 2.24) is 4.48 Å². The molecule has 0 radical (unpaired) electrons. The molecule has 27 heteroatoms. The summed E-state index contributed by atoms with van der Waals surface area (Å²) in [5.74, 6) is 0.611. The second-order valence-corrected chi connectivity index (χ2v) is 20.8. The van der Waals surface area contributed by atoms with Crippen molar-refractivity contribution in [2.75, 3.05) is 45.6 Å². The number of nitrogens with zero attached hydrogens (tertiary/aromatic N) is 4. The second kappa shape index (κ2) is 34.1. The summed E-state index contributed by atoms with van der Waals surface area (Å²) >= 11 is 5.58. The van der Waals surface area contributed by atoms with E-state index in [0.29, 0.717) is 5.88 Å². The Bertz CT molecular complexity index is 2250. The third-order valence-electron chi connectivity index (χ3n) is 6.48. The van der Waals surface area contributed by atoms with Crippen molar-refractivity contribution in [1.29, 1.82) is 0 Å². The van der Waals surface area contributed by atoms with Crippen molar-refractivity contribution >= 4 is 63.1 Å². The van der Waals surface area contributed by atoms with Crippen LogP contribution in [0, 0.1) is 6.92 Å². The summed E-state index contributed by atoms with van der Waals surface area (Å²) in [5.41, 5.74) is -4.92. The number of rotatable bonds is 9. The van der Waals surface area contributed by atoms with Crippen molar-refractivity contribution in [3.05, 3.63) is 140 Å². The monoisotopic (exact) mass is 1050 g/mol. The number of aliphatic hydroxyl groups is 1. The fraction of sp³-hybridized carbons (Fsp3) is 0.385. The van der Waals surface area contributed by atoms with Crippen LogP contribution in [0.4, 0.5) is 37.7 Å². The van der Waals surface area contributed by atoms with Gasteiger partial charge in [-0.1, -0.05) is 104 Å². The molecule has 0 atom stereocenters. The van der Waals surface area contributed by atoms with Gasteiger partial charge in [0.2, 0.25) is 0 Å². The molecule has 0 spiro atoms. The Morgan fingerprint density at radius 1 is 0.621 bits per heavy atom. The molecule has 0 fully saturated rings. The van der Waals surface area contributed by atoms with Crippen LogP contribution in [-0.2, 0) is 52.5 Å². The van der Waals surface area contributed by atoms with Crippen molar-refractivity contribution in [2.24, 2.45) is 0 Å². The van der Waals surface area contributed by atoms with Crippen LogP contribution in [0.15, 0.2) is 115 Å². The van der Waals surface area contributed by atoms with E-state index in [0.717, 1.165) is 11.0 Å². The average molecular weight is 1050 g/mol. The summed E-state index contributed by atoms with van der Waals surface area (Å²) in [6.45, 7) is 6.53. The molecule has 1 N–H and O–H groups in total. The number of aliphatic hydroxyl groups excluding tert-OH is 1. The van der Waals surface area contributed by atoms with Gasteiger partial charge in [0, 0.05) is 49.8 Å². The number of sulfonamides is 4. The molecule has 0 bridgehead atoms. The Morgan fingerprint density at radius 3 is 1.17 bits per heavy atom. The molecule has 0 saturated carbocycles. The molecule has 368 valence electrons. The molecule has 4 aromatic carbocycles. The van der Waals surface area contributed by atoms with Crippen molar-refractivity contribution in [3.8, 4) is 0 Å². The third kappa shape index (κ3) is 36.7. The Labute approximate surface area is 423 Å². The summed E-state index contributed by atoms with van der Waals surface area (Å²) in [7, 11) is -12.4. The van der Waals surface area contributed by atoms with Crippen LogP contribution >= 0.6 is 11.6 Å². The molecule has 4 rings (SSSR count). The molecule has 0 heterocycles. The number of anilines is 1. The number of benzene rings is 4. The minimum atomic E-state index is -5.92. The number of para-hydroxylation sites is 2. The molecule has 0 unspecified atom stereocenters. The van der Waals surface area contributed by atoms with Crippen LogP contribution in [0.2, 0.25) is 0 Å². The van der Waals surface area contributed by atoms with E-state index in [2.05, 4.69) is 111 Å². The first kappa shape index (κ1) is 75.2. The van der Waals surface area contributed by atoms with Crippen LogP contribution in [0.3, 0.4) is 0 Å². The molecule has 0 aromatic heterocycles. The molecular formula is C39H56Cl2F6Li2N4O9S4. The largest absolute Gasteiger partial charge is 1.00 e. The number of halogens is 8. The van der Waals surface area contributed by atoms with E-state index in [1.54, 1.807) is 22.1 Å². The van der Waals surface area contributed by atoms with Gasteiger partial charge in [-0.25, -0.2) is 33.7 Å². The van der Waals surface area contributed by atoms with Crippen molar-refractivity contribution in [3.63, 3.8) is 0 Å². The minimum Gasteiger partial charge on any atom is -1.00 e.